The van der Waals surface area contributed by atoms with Crippen molar-refractivity contribution >= 4 is 17.3 Å². The first-order chi connectivity index (χ1) is 8.52. The van der Waals surface area contributed by atoms with Crippen LogP contribution in [-0.4, -0.2) is 16.1 Å². The van der Waals surface area contributed by atoms with Gasteiger partial charge in [-0.2, -0.15) is 0 Å². The SMILES string of the molecule is CCc1nc(-c2ccc(F)c(F)c2)c(C(=O)O)s1. The van der Waals surface area contributed by atoms with Crippen molar-refractivity contribution in [2.45, 2.75) is 13.3 Å². The van der Waals surface area contributed by atoms with E-state index in [9.17, 15) is 13.6 Å². The second-order valence-electron chi connectivity index (χ2n) is 3.57. The summed E-state index contributed by atoms with van der Waals surface area (Å²) in [6.07, 6.45) is 0.592. The zero-order valence-corrected chi connectivity index (χ0v) is 10.2. The number of nitrogens with zero attached hydrogens (tertiary/aromatic N) is 1. The van der Waals surface area contributed by atoms with Crippen molar-refractivity contribution in [3.63, 3.8) is 0 Å². The predicted molar refractivity (Wildman–Crippen MR) is 63.8 cm³/mol. The van der Waals surface area contributed by atoms with E-state index < -0.39 is 17.6 Å². The number of carboxylic acid groups (broad SMARTS) is 1. The van der Waals surface area contributed by atoms with Crippen molar-refractivity contribution in [2.24, 2.45) is 0 Å². The number of carboxylic acids is 1. The molecule has 0 unspecified atom stereocenters. The smallest absolute Gasteiger partial charge is 0.348 e. The molecule has 0 saturated carbocycles. The van der Waals surface area contributed by atoms with Crippen LogP contribution in [0, 0.1) is 11.6 Å². The number of hydrogen-bond acceptors (Lipinski definition) is 3. The van der Waals surface area contributed by atoms with Gasteiger partial charge in [0, 0.05) is 5.56 Å². The molecular formula is C12H9F2NO2S. The van der Waals surface area contributed by atoms with Crippen LogP contribution < -0.4 is 0 Å². The second kappa shape index (κ2) is 4.81. The molecule has 6 heteroatoms. The summed E-state index contributed by atoms with van der Waals surface area (Å²) in [7, 11) is 0. The van der Waals surface area contributed by atoms with Crippen LogP contribution in [0.3, 0.4) is 0 Å². The van der Waals surface area contributed by atoms with Gasteiger partial charge >= 0.3 is 5.97 Å². The van der Waals surface area contributed by atoms with Crippen LogP contribution in [0.1, 0.15) is 21.6 Å². The Morgan fingerprint density at radius 1 is 1.39 bits per heavy atom. The lowest BCUT2D eigenvalue weighted by molar-refractivity contribution is 0.0702. The standard InChI is InChI=1S/C12H9F2NO2S/c1-2-9-15-10(11(18-9)12(16)17)6-3-4-7(13)8(14)5-6/h3-5H,2H2,1H3,(H,16,17). The molecule has 3 nitrogen and oxygen atoms in total. The molecule has 18 heavy (non-hydrogen) atoms. The molecule has 1 N–H and O–H groups in total. The summed E-state index contributed by atoms with van der Waals surface area (Å²) in [4.78, 5) is 15.3. The fourth-order valence-electron chi connectivity index (χ4n) is 1.50. The third-order valence-electron chi connectivity index (χ3n) is 2.36. The van der Waals surface area contributed by atoms with Crippen LogP contribution in [0.15, 0.2) is 18.2 Å². The summed E-state index contributed by atoms with van der Waals surface area (Å²) in [5, 5.41) is 9.71. The molecule has 0 bridgehead atoms. The quantitative estimate of drug-likeness (QED) is 0.929. The van der Waals surface area contributed by atoms with Gasteiger partial charge in [0.05, 0.1) is 10.7 Å². The van der Waals surface area contributed by atoms with Crippen molar-refractivity contribution in [3.8, 4) is 11.3 Å². The molecule has 1 aromatic heterocycles. The van der Waals surface area contributed by atoms with Gasteiger partial charge in [0.15, 0.2) is 11.6 Å². The van der Waals surface area contributed by atoms with Crippen LogP contribution in [0.5, 0.6) is 0 Å². The molecule has 0 atom stereocenters. The Hall–Kier alpha value is -1.82. The van der Waals surface area contributed by atoms with Gasteiger partial charge in [-0.25, -0.2) is 18.6 Å². The van der Waals surface area contributed by atoms with E-state index in [1.807, 2.05) is 6.92 Å². The van der Waals surface area contributed by atoms with Crippen molar-refractivity contribution in [3.05, 3.63) is 39.7 Å². The highest BCUT2D eigenvalue weighted by Crippen LogP contribution is 2.29. The van der Waals surface area contributed by atoms with Gasteiger partial charge in [-0.15, -0.1) is 11.3 Å². The summed E-state index contributed by atoms with van der Waals surface area (Å²) in [5.74, 6) is -3.11. The van der Waals surface area contributed by atoms with E-state index in [1.165, 1.54) is 6.07 Å². The lowest BCUT2D eigenvalue weighted by Crippen LogP contribution is -1.96. The first kappa shape index (κ1) is 12.6. The van der Waals surface area contributed by atoms with Crippen LogP contribution in [0.25, 0.3) is 11.3 Å². The van der Waals surface area contributed by atoms with Crippen molar-refractivity contribution in [1.29, 1.82) is 0 Å². The van der Waals surface area contributed by atoms with Crippen molar-refractivity contribution < 1.29 is 18.7 Å². The number of thiazole rings is 1. The first-order valence-corrected chi connectivity index (χ1v) is 6.03. The molecule has 0 aliphatic heterocycles. The van der Waals surface area contributed by atoms with Crippen LogP contribution >= 0.6 is 11.3 Å². The minimum atomic E-state index is -1.12. The number of carbonyl (C=O) groups is 1. The van der Waals surface area contributed by atoms with Gasteiger partial charge in [-0.05, 0) is 24.6 Å². The number of benzene rings is 1. The van der Waals surface area contributed by atoms with Gasteiger partial charge in [0.1, 0.15) is 4.88 Å². The Bertz CT molecular complexity index is 610. The molecule has 0 amide bonds. The molecule has 2 aromatic rings. The average molecular weight is 269 g/mol. The molecule has 0 saturated heterocycles. The number of aryl methyl sites for hydroxylation is 1. The molecule has 1 aromatic carbocycles. The molecule has 1 heterocycles. The Morgan fingerprint density at radius 2 is 2.11 bits per heavy atom. The maximum Gasteiger partial charge on any atom is 0.348 e. The van der Waals surface area contributed by atoms with Crippen molar-refractivity contribution in [2.75, 3.05) is 0 Å². The van der Waals surface area contributed by atoms with E-state index in [-0.39, 0.29) is 16.1 Å². The number of aromatic carboxylic acids is 1. The summed E-state index contributed by atoms with van der Waals surface area (Å²) < 4.78 is 26.0. The van der Waals surface area contributed by atoms with Crippen LogP contribution in [0.4, 0.5) is 8.78 Å². The third kappa shape index (κ3) is 2.24. The minimum Gasteiger partial charge on any atom is -0.477 e. The number of rotatable bonds is 3. The van der Waals surface area contributed by atoms with E-state index in [2.05, 4.69) is 4.98 Å². The number of aromatic nitrogens is 1. The molecular weight excluding hydrogens is 260 g/mol. The summed E-state index contributed by atoms with van der Waals surface area (Å²) >= 11 is 1.05. The van der Waals surface area contributed by atoms with E-state index in [4.69, 9.17) is 5.11 Å². The zero-order valence-electron chi connectivity index (χ0n) is 9.41. The van der Waals surface area contributed by atoms with E-state index in [0.717, 1.165) is 23.5 Å². The monoisotopic (exact) mass is 269 g/mol. The molecule has 0 fully saturated rings. The molecule has 0 aliphatic carbocycles. The van der Waals surface area contributed by atoms with Crippen LogP contribution in [-0.2, 0) is 6.42 Å². The van der Waals surface area contributed by atoms with Gasteiger partial charge in [-0.1, -0.05) is 6.92 Å². The normalized spacial score (nSPS) is 10.6. The lowest BCUT2D eigenvalue weighted by Gasteiger charge is -2.00. The molecule has 94 valence electrons. The maximum absolute atomic E-state index is 13.1. The first-order valence-electron chi connectivity index (χ1n) is 5.21. The van der Waals surface area contributed by atoms with Gasteiger partial charge < -0.3 is 5.11 Å². The van der Waals surface area contributed by atoms with E-state index >= 15 is 0 Å². The van der Waals surface area contributed by atoms with Gasteiger partial charge in [-0.3, -0.25) is 0 Å². The molecule has 0 radical (unpaired) electrons. The van der Waals surface area contributed by atoms with E-state index in [1.54, 1.807) is 0 Å². The Morgan fingerprint density at radius 3 is 2.67 bits per heavy atom. The van der Waals surface area contributed by atoms with E-state index in [0.29, 0.717) is 11.4 Å². The average Bonchev–Trinajstić information content (AvgIpc) is 2.77. The Balaban J connectivity index is 2.58. The highest BCUT2D eigenvalue weighted by atomic mass is 32.1. The number of halogens is 2. The summed E-state index contributed by atoms with van der Waals surface area (Å²) in [6, 6.07) is 3.23. The molecule has 0 aliphatic rings. The second-order valence-corrected chi connectivity index (χ2v) is 4.66. The largest absolute Gasteiger partial charge is 0.477 e. The lowest BCUT2D eigenvalue weighted by atomic mass is 10.1. The highest BCUT2D eigenvalue weighted by molar-refractivity contribution is 7.14. The molecule has 2 rings (SSSR count). The van der Waals surface area contributed by atoms with Gasteiger partial charge in [0.2, 0.25) is 0 Å². The molecule has 0 spiro atoms. The fraction of sp³-hybridized carbons (Fsp3) is 0.167. The number of hydrogen-bond donors (Lipinski definition) is 1. The topological polar surface area (TPSA) is 50.2 Å². The summed E-state index contributed by atoms with van der Waals surface area (Å²) in [5.41, 5.74) is 0.450. The maximum atomic E-state index is 13.1. The van der Waals surface area contributed by atoms with Crippen molar-refractivity contribution in [1.82, 2.24) is 4.98 Å². The third-order valence-corrected chi connectivity index (χ3v) is 3.55. The van der Waals surface area contributed by atoms with Gasteiger partial charge in [0.25, 0.3) is 0 Å². The Kier molecular flexibility index (Phi) is 3.38. The Labute approximate surface area is 106 Å². The highest BCUT2D eigenvalue weighted by Gasteiger charge is 2.19. The minimum absolute atomic E-state index is 0.0397. The predicted octanol–water partition coefficient (Wildman–Crippen LogP) is 3.35. The summed E-state index contributed by atoms with van der Waals surface area (Å²) in [6.45, 7) is 1.85. The zero-order chi connectivity index (χ0) is 13.3. The fourth-order valence-corrected chi connectivity index (χ4v) is 2.36. The van der Waals surface area contributed by atoms with Crippen LogP contribution in [0.2, 0.25) is 0 Å².